The predicted octanol–water partition coefficient (Wildman–Crippen LogP) is 3.07. The van der Waals surface area contributed by atoms with E-state index in [2.05, 4.69) is 25.5 Å². The number of halogens is 2. The zero-order chi connectivity index (χ0) is 17.6. The van der Waals surface area contributed by atoms with Crippen LogP contribution in [0.2, 0.25) is 5.02 Å². The lowest BCUT2D eigenvalue weighted by Gasteiger charge is -2.26. The van der Waals surface area contributed by atoms with Gasteiger partial charge in [0, 0.05) is 37.9 Å². The van der Waals surface area contributed by atoms with Crippen LogP contribution in [0.3, 0.4) is 0 Å². The van der Waals surface area contributed by atoms with Crippen molar-refractivity contribution >= 4 is 28.9 Å². The largest absolute Gasteiger partial charge is 0.379 e. The van der Waals surface area contributed by atoms with Gasteiger partial charge in [0.2, 0.25) is 0 Å². The predicted molar refractivity (Wildman–Crippen MR) is 97.2 cm³/mol. The molecule has 2 aromatic rings. The van der Waals surface area contributed by atoms with E-state index in [9.17, 15) is 4.39 Å². The van der Waals surface area contributed by atoms with Crippen molar-refractivity contribution in [3.8, 4) is 0 Å². The Morgan fingerprint density at radius 1 is 1.20 bits per heavy atom. The van der Waals surface area contributed by atoms with Crippen molar-refractivity contribution in [1.82, 2.24) is 14.9 Å². The first-order valence-corrected chi connectivity index (χ1v) is 8.60. The highest BCUT2D eigenvalue weighted by atomic mass is 35.5. The zero-order valence-electron chi connectivity index (χ0n) is 14.1. The van der Waals surface area contributed by atoms with Crippen LogP contribution in [0.1, 0.15) is 5.82 Å². The van der Waals surface area contributed by atoms with Crippen molar-refractivity contribution in [3.63, 3.8) is 0 Å². The average molecular weight is 366 g/mol. The molecule has 1 saturated heterocycles. The van der Waals surface area contributed by atoms with Crippen LogP contribution in [0.5, 0.6) is 0 Å². The standard InChI is InChI=1S/C17H21ClFN5O/c1-12-21-16(20-4-5-24-6-8-25-9-7-24)11-17(22-12)23-13-2-3-15(19)14(18)10-13/h2-3,10-11H,4-9H2,1H3,(H2,20,21,22,23). The number of anilines is 3. The second-order valence-corrected chi connectivity index (χ2v) is 6.23. The summed E-state index contributed by atoms with van der Waals surface area (Å²) in [6.45, 7) is 7.06. The summed E-state index contributed by atoms with van der Waals surface area (Å²) in [6, 6.07) is 6.29. The van der Waals surface area contributed by atoms with Crippen molar-refractivity contribution in [2.45, 2.75) is 6.92 Å². The Morgan fingerprint density at radius 3 is 2.72 bits per heavy atom. The first-order chi connectivity index (χ1) is 12.1. The molecule has 8 heteroatoms. The highest BCUT2D eigenvalue weighted by molar-refractivity contribution is 6.31. The Balaban J connectivity index is 1.60. The minimum Gasteiger partial charge on any atom is -0.379 e. The lowest BCUT2D eigenvalue weighted by atomic mass is 10.3. The minimum absolute atomic E-state index is 0.0691. The van der Waals surface area contributed by atoms with E-state index in [0.29, 0.717) is 17.3 Å². The Hall–Kier alpha value is -1.96. The summed E-state index contributed by atoms with van der Waals surface area (Å²) < 4.78 is 18.6. The number of nitrogens with zero attached hydrogens (tertiary/aromatic N) is 3. The van der Waals surface area contributed by atoms with Crippen LogP contribution >= 0.6 is 11.6 Å². The normalized spacial score (nSPS) is 15.2. The Labute approximate surface area is 151 Å². The molecule has 0 unspecified atom stereocenters. The van der Waals surface area contributed by atoms with Crippen LogP contribution in [0, 0.1) is 12.7 Å². The molecular formula is C17H21ClFN5O. The van der Waals surface area contributed by atoms with Gasteiger partial charge in [-0.05, 0) is 25.1 Å². The average Bonchev–Trinajstić information content (AvgIpc) is 2.59. The van der Waals surface area contributed by atoms with E-state index < -0.39 is 5.82 Å². The van der Waals surface area contributed by atoms with Crippen LogP contribution < -0.4 is 10.6 Å². The molecule has 1 aromatic carbocycles. The molecule has 0 amide bonds. The fraction of sp³-hybridized carbons (Fsp3) is 0.412. The maximum Gasteiger partial charge on any atom is 0.141 e. The van der Waals surface area contributed by atoms with Crippen molar-refractivity contribution in [2.75, 3.05) is 50.0 Å². The van der Waals surface area contributed by atoms with Crippen molar-refractivity contribution in [1.29, 1.82) is 0 Å². The molecule has 1 fully saturated rings. The summed E-state index contributed by atoms with van der Waals surface area (Å²) in [5.41, 5.74) is 0.670. The van der Waals surface area contributed by atoms with Crippen molar-refractivity contribution in [3.05, 3.63) is 40.9 Å². The smallest absolute Gasteiger partial charge is 0.141 e. The molecule has 0 atom stereocenters. The third-order valence-electron chi connectivity index (χ3n) is 3.87. The van der Waals surface area contributed by atoms with Gasteiger partial charge in [0.1, 0.15) is 23.3 Å². The van der Waals surface area contributed by atoms with Gasteiger partial charge >= 0.3 is 0 Å². The topological polar surface area (TPSA) is 62.3 Å². The molecule has 0 saturated carbocycles. The number of hydrogen-bond acceptors (Lipinski definition) is 6. The first-order valence-electron chi connectivity index (χ1n) is 8.22. The molecule has 0 aliphatic carbocycles. The van der Waals surface area contributed by atoms with Gasteiger partial charge in [-0.2, -0.15) is 0 Å². The van der Waals surface area contributed by atoms with Crippen LogP contribution in [0.15, 0.2) is 24.3 Å². The summed E-state index contributed by atoms with van der Waals surface area (Å²) in [5.74, 6) is 1.57. The SMILES string of the molecule is Cc1nc(NCCN2CCOCC2)cc(Nc2ccc(F)c(Cl)c2)n1. The van der Waals surface area contributed by atoms with E-state index in [-0.39, 0.29) is 5.02 Å². The van der Waals surface area contributed by atoms with Crippen LogP contribution in [-0.2, 0) is 4.74 Å². The van der Waals surface area contributed by atoms with Gasteiger partial charge in [-0.1, -0.05) is 11.6 Å². The number of benzene rings is 1. The van der Waals surface area contributed by atoms with Crippen LogP contribution in [0.4, 0.5) is 21.7 Å². The molecule has 0 bridgehead atoms. The summed E-state index contributed by atoms with van der Waals surface area (Å²) in [4.78, 5) is 11.1. The van der Waals surface area contributed by atoms with Crippen LogP contribution in [-0.4, -0.2) is 54.3 Å². The van der Waals surface area contributed by atoms with Gasteiger partial charge in [0.15, 0.2) is 0 Å². The minimum atomic E-state index is -0.448. The molecule has 134 valence electrons. The summed E-state index contributed by atoms with van der Waals surface area (Å²) >= 11 is 5.81. The number of morpholine rings is 1. The number of ether oxygens (including phenoxy) is 1. The van der Waals surface area contributed by atoms with Crippen molar-refractivity contribution in [2.24, 2.45) is 0 Å². The monoisotopic (exact) mass is 365 g/mol. The molecule has 1 aliphatic rings. The van der Waals surface area contributed by atoms with E-state index in [1.165, 1.54) is 12.1 Å². The summed E-state index contributed by atoms with van der Waals surface area (Å²) in [6.07, 6.45) is 0. The summed E-state index contributed by atoms with van der Waals surface area (Å²) in [5, 5.41) is 6.51. The van der Waals surface area contributed by atoms with E-state index in [1.807, 2.05) is 13.0 Å². The number of rotatable bonds is 6. The first kappa shape index (κ1) is 17.8. The van der Waals surface area contributed by atoms with E-state index >= 15 is 0 Å². The summed E-state index contributed by atoms with van der Waals surface area (Å²) in [7, 11) is 0. The van der Waals surface area contributed by atoms with Gasteiger partial charge in [-0.25, -0.2) is 14.4 Å². The highest BCUT2D eigenvalue weighted by Crippen LogP contribution is 2.22. The zero-order valence-corrected chi connectivity index (χ0v) is 14.8. The molecule has 6 nitrogen and oxygen atoms in total. The molecule has 1 aliphatic heterocycles. The van der Waals surface area contributed by atoms with Gasteiger partial charge in [-0.15, -0.1) is 0 Å². The van der Waals surface area contributed by atoms with Crippen molar-refractivity contribution < 1.29 is 9.13 Å². The second kappa shape index (κ2) is 8.42. The van der Waals surface area contributed by atoms with Gasteiger partial charge < -0.3 is 15.4 Å². The molecule has 1 aromatic heterocycles. The quantitative estimate of drug-likeness (QED) is 0.820. The molecule has 3 rings (SSSR count). The maximum atomic E-state index is 13.3. The third-order valence-corrected chi connectivity index (χ3v) is 4.16. The number of hydrogen-bond donors (Lipinski definition) is 2. The molecule has 0 radical (unpaired) electrons. The maximum absolute atomic E-state index is 13.3. The molecular weight excluding hydrogens is 345 g/mol. The Morgan fingerprint density at radius 2 is 1.96 bits per heavy atom. The molecule has 25 heavy (non-hydrogen) atoms. The lowest BCUT2D eigenvalue weighted by molar-refractivity contribution is 0.0398. The van der Waals surface area contributed by atoms with E-state index in [0.717, 1.165) is 45.2 Å². The molecule has 2 heterocycles. The second-order valence-electron chi connectivity index (χ2n) is 5.82. The third kappa shape index (κ3) is 5.26. The van der Waals surface area contributed by atoms with Gasteiger partial charge in [-0.3, -0.25) is 4.90 Å². The molecule has 2 N–H and O–H groups in total. The fourth-order valence-electron chi connectivity index (χ4n) is 2.61. The fourth-order valence-corrected chi connectivity index (χ4v) is 2.79. The van der Waals surface area contributed by atoms with E-state index in [1.54, 1.807) is 6.07 Å². The Kier molecular flexibility index (Phi) is 6.01. The van der Waals surface area contributed by atoms with Gasteiger partial charge in [0.25, 0.3) is 0 Å². The lowest BCUT2D eigenvalue weighted by Crippen LogP contribution is -2.39. The Bertz CT molecular complexity index is 724. The number of aromatic nitrogens is 2. The van der Waals surface area contributed by atoms with Gasteiger partial charge in [0.05, 0.1) is 18.2 Å². The van der Waals surface area contributed by atoms with Crippen LogP contribution in [0.25, 0.3) is 0 Å². The number of aryl methyl sites for hydroxylation is 1. The highest BCUT2D eigenvalue weighted by Gasteiger charge is 2.10. The molecule has 0 spiro atoms. The number of nitrogens with one attached hydrogen (secondary N) is 2. The van der Waals surface area contributed by atoms with E-state index in [4.69, 9.17) is 16.3 Å².